The van der Waals surface area contributed by atoms with Gasteiger partial charge in [-0.25, -0.2) is 9.38 Å². The maximum absolute atomic E-state index is 13.9. The molecular formula is C31H32F4N6O. The average molecular weight is 581 g/mol. The van der Waals surface area contributed by atoms with E-state index in [-0.39, 0.29) is 12.1 Å². The number of amides is 1. The first kappa shape index (κ1) is 29.3. The van der Waals surface area contributed by atoms with E-state index < -0.39 is 23.5 Å². The number of hydrazine groups is 3. The van der Waals surface area contributed by atoms with Gasteiger partial charge in [0.2, 0.25) is 5.96 Å². The van der Waals surface area contributed by atoms with Gasteiger partial charge >= 0.3 is 6.18 Å². The van der Waals surface area contributed by atoms with Crippen LogP contribution in [-0.2, 0) is 24.1 Å². The minimum Gasteiger partial charge on any atom is -0.304 e. The summed E-state index contributed by atoms with van der Waals surface area (Å²) in [6.07, 6.45) is 3.66. The van der Waals surface area contributed by atoms with E-state index in [0.717, 1.165) is 36.1 Å². The molecule has 1 saturated heterocycles. The molecule has 42 heavy (non-hydrogen) atoms. The Balaban J connectivity index is 1.36. The number of rotatable bonds is 8. The second-order valence-electron chi connectivity index (χ2n) is 10.4. The Hall–Kier alpha value is -4.22. The molecule has 2 aliphatic rings. The van der Waals surface area contributed by atoms with E-state index in [2.05, 4.69) is 39.0 Å². The van der Waals surface area contributed by atoms with Crippen LogP contribution in [-0.4, -0.2) is 11.9 Å². The molecule has 3 aromatic rings. The van der Waals surface area contributed by atoms with Crippen LogP contribution in [0.25, 0.3) is 6.08 Å². The summed E-state index contributed by atoms with van der Waals surface area (Å²) in [6.45, 7) is 0.662. The molecule has 1 aliphatic heterocycles. The van der Waals surface area contributed by atoms with Gasteiger partial charge in [-0.3, -0.25) is 15.6 Å². The van der Waals surface area contributed by atoms with Gasteiger partial charge < -0.3 is 4.90 Å². The van der Waals surface area contributed by atoms with E-state index in [4.69, 9.17) is 0 Å². The first-order valence-electron chi connectivity index (χ1n) is 13.9. The molecule has 1 heterocycles. The summed E-state index contributed by atoms with van der Waals surface area (Å²) in [6, 6.07) is 17.8. The first-order valence-corrected chi connectivity index (χ1v) is 13.9. The highest BCUT2D eigenvalue weighted by Crippen LogP contribution is 2.34. The molecule has 3 aromatic carbocycles. The smallest absolute Gasteiger partial charge is 0.304 e. The van der Waals surface area contributed by atoms with Crippen LogP contribution in [0.1, 0.15) is 65.8 Å². The molecule has 11 heteroatoms. The highest BCUT2D eigenvalue weighted by molar-refractivity contribution is 6.03. The second-order valence-corrected chi connectivity index (χ2v) is 10.4. The number of carbonyl (C=O) groups is 1. The fraction of sp³-hybridized carbons (Fsp3) is 0.290. The van der Waals surface area contributed by atoms with Crippen LogP contribution in [0.2, 0.25) is 0 Å². The molecule has 1 saturated carbocycles. The molecule has 4 N–H and O–H groups in total. The fourth-order valence-electron chi connectivity index (χ4n) is 5.18. The van der Waals surface area contributed by atoms with Crippen molar-refractivity contribution in [3.63, 3.8) is 0 Å². The van der Waals surface area contributed by atoms with Gasteiger partial charge in [0.05, 0.1) is 18.7 Å². The molecule has 0 radical (unpaired) electrons. The van der Waals surface area contributed by atoms with Crippen molar-refractivity contribution in [2.45, 2.75) is 57.3 Å². The zero-order chi connectivity index (χ0) is 29.5. The number of hydrogen-bond donors (Lipinski definition) is 4. The molecule has 5 rings (SSSR count). The lowest BCUT2D eigenvalue weighted by atomic mass is 9.84. The summed E-state index contributed by atoms with van der Waals surface area (Å²) in [5.74, 6) is -0.402. The Morgan fingerprint density at radius 2 is 1.57 bits per heavy atom. The fourth-order valence-corrected chi connectivity index (χ4v) is 5.18. The summed E-state index contributed by atoms with van der Waals surface area (Å²) in [5, 5.41) is 0. The van der Waals surface area contributed by atoms with Gasteiger partial charge in [0, 0.05) is 11.8 Å². The van der Waals surface area contributed by atoms with Gasteiger partial charge in [-0.1, -0.05) is 55.7 Å². The molecule has 1 aliphatic carbocycles. The van der Waals surface area contributed by atoms with E-state index in [9.17, 15) is 22.4 Å². The van der Waals surface area contributed by atoms with Crippen molar-refractivity contribution in [3.05, 3.63) is 106 Å². The van der Waals surface area contributed by atoms with E-state index in [1.807, 2.05) is 36.4 Å². The van der Waals surface area contributed by atoms with Crippen molar-refractivity contribution < 1.29 is 22.4 Å². The third-order valence-electron chi connectivity index (χ3n) is 7.42. The van der Waals surface area contributed by atoms with E-state index in [1.54, 1.807) is 4.90 Å². The van der Waals surface area contributed by atoms with Crippen molar-refractivity contribution >= 4 is 23.6 Å². The Bertz CT molecular complexity index is 1420. The van der Waals surface area contributed by atoms with E-state index >= 15 is 0 Å². The van der Waals surface area contributed by atoms with Gasteiger partial charge in [0.1, 0.15) is 5.82 Å². The maximum atomic E-state index is 13.9. The third kappa shape index (κ3) is 7.74. The highest BCUT2D eigenvalue weighted by atomic mass is 19.4. The number of hydrogen-bond acceptors (Lipinski definition) is 4. The minimum absolute atomic E-state index is 0.0501. The van der Waals surface area contributed by atoms with E-state index in [0.29, 0.717) is 30.2 Å². The van der Waals surface area contributed by atoms with Gasteiger partial charge in [-0.2, -0.15) is 24.2 Å². The Morgan fingerprint density at radius 1 is 0.905 bits per heavy atom. The summed E-state index contributed by atoms with van der Waals surface area (Å²) >= 11 is 0. The van der Waals surface area contributed by atoms with Gasteiger partial charge in [0.15, 0.2) is 0 Å². The number of anilines is 1. The predicted octanol–water partition coefficient (Wildman–Crippen LogP) is 6.11. The van der Waals surface area contributed by atoms with Crippen molar-refractivity contribution in [1.29, 1.82) is 0 Å². The number of benzene rings is 3. The lowest BCUT2D eigenvalue weighted by molar-refractivity contribution is -0.137. The molecule has 0 atom stereocenters. The third-order valence-corrected chi connectivity index (χ3v) is 7.42. The largest absolute Gasteiger partial charge is 0.416 e. The van der Waals surface area contributed by atoms with Crippen LogP contribution in [0.5, 0.6) is 0 Å². The molecular weight excluding hydrogens is 548 g/mol. The Labute approximate surface area is 241 Å². The predicted molar refractivity (Wildman–Crippen MR) is 154 cm³/mol. The van der Waals surface area contributed by atoms with Crippen LogP contribution in [0.15, 0.2) is 77.8 Å². The number of carbonyl (C=O) groups excluding carboxylic acids is 1. The lowest BCUT2D eigenvalue weighted by Gasteiger charge is -2.25. The molecule has 1 amide bonds. The minimum atomic E-state index is -4.70. The molecule has 0 aromatic heterocycles. The molecule has 0 bridgehead atoms. The number of nitrogens with zero attached hydrogens (tertiary/aromatic N) is 2. The summed E-state index contributed by atoms with van der Waals surface area (Å²) in [5.41, 5.74) is 13.5. The van der Waals surface area contributed by atoms with E-state index in [1.165, 1.54) is 37.0 Å². The summed E-state index contributed by atoms with van der Waals surface area (Å²) < 4.78 is 53.4. The number of nitrogens with one attached hydrogen (secondary N) is 4. The molecule has 220 valence electrons. The number of aliphatic imine (C=N–C) groups is 1. The normalized spacial score (nSPS) is 15.9. The summed E-state index contributed by atoms with van der Waals surface area (Å²) in [4.78, 5) is 19.4. The first-order chi connectivity index (χ1) is 20.2. The van der Waals surface area contributed by atoms with Crippen molar-refractivity contribution in [2.75, 3.05) is 4.90 Å². The molecule has 7 nitrogen and oxygen atoms in total. The van der Waals surface area contributed by atoms with Crippen LogP contribution in [0, 0.1) is 5.82 Å². The number of halogens is 4. The number of alkyl halides is 3. The lowest BCUT2D eigenvalue weighted by Crippen LogP contribution is -2.33. The SMILES string of the molecule is O=C(/C=C/c1cc(F)cc(C(F)(F)F)c1)N(Cc1ccc(CN=C2NNNN2)cc1)c1ccc(C2CCCCC2)cc1. The van der Waals surface area contributed by atoms with Crippen molar-refractivity contribution in [2.24, 2.45) is 4.99 Å². The second kappa shape index (κ2) is 13.2. The van der Waals surface area contributed by atoms with Crippen LogP contribution < -0.4 is 26.8 Å². The van der Waals surface area contributed by atoms with Gasteiger partial charge in [-0.15, -0.1) is 0 Å². The monoisotopic (exact) mass is 580 g/mol. The number of guanidine groups is 1. The van der Waals surface area contributed by atoms with Crippen molar-refractivity contribution in [1.82, 2.24) is 21.9 Å². The van der Waals surface area contributed by atoms with Gasteiger partial charge in [0.25, 0.3) is 5.91 Å². The van der Waals surface area contributed by atoms with Crippen LogP contribution in [0.4, 0.5) is 23.2 Å². The van der Waals surface area contributed by atoms with Crippen LogP contribution >= 0.6 is 0 Å². The Kier molecular flexibility index (Phi) is 9.19. The highest BCUT2D eigenvalue weighted by Gasteiger charge is 2.31. The Morgan fingerprint density at radius 3 is 2.24 bits per heavy atom. The van der Waals surface area contributed by atoms with Crippen LogP contribution in [0.3, 0.4) is 0 Å². The average Bonchev–Trinajstić information content (AvgIpc) is 3.52. The van der Waals surface area contributed by atoms with Crippen molar-refractivity contribution in [3.8, 4) is 0 Å². The zero-order valence-electron chi connectivity index (χ0n) is 22.8. The summed E-state index contributed by atoms with van der Waals surface area (Å²) in [7, 11) is 0. The van der Waals surface area contributed by atoms with Gasteiger partial charge in [-0.05, 0) is 77.4 Å². The zero-order valence-corrected chi connectivity index (χ0v) is 22.8. The topological polar surface area (TPSA) is 80.8 Å². The maximum Gasteiger partial charge on any atom is 0.416 e. The molecule has 0 spiro atoms. The quantitative estimate of drug-likeness (QED) is 0.191. The molecule has 0 unspecified atom stereocenters. The standard InChI is InChI=1S/C31H32F4N6O/c32-27-17-23(16-26(18-27)31(33,34)35)10-15-29(42)41(28-13-11-25(12-14-28)24-4-2-1-3-5-24)20-22-8-6-21(7-9-22)19-36-30-37-39-40-38-30/h6-18,24,39-40H,1-5,19-20H2,(H2,36,37,38)/b15-10+. The molecule has 2 fully saturated rings.